The Morgan fingerprint density at radius 2 is 1.57 bits per heavy atom. The highest BCUT2D eigenvalue weighted by Gasteiger charge is 2.23. The molecule has 1 aliphatic heterocycles. The van der Waals surface area contributed by atoms with Crippen molar-refractivity contribution in [3.05, 3.63) is 30.1 Å². The van der Waals surface area contributed by atoms with E-state index in [4.69, 9.17) is 9.47 Å². The highest BCUT2D eigenvalue weighted by molar-refractivity contribution is 5.21. The minimum atomic E-state index is -0.225. The van der Waals surface area contributed by atoms with Gasteiger partial charge in [0, 0.05) is 19.6 Å². The zero-order valence-electron chi connectivity index (χ0n) is 13.9. The Bertz CT molecular complexity index is 451. The Morgan fingerprint density at radius 3 is 2.26 bits per heavy atom. The monoisotopic (exact) mass is 321 g/mol. The van der Waals surface area contributed by atoms with Crippen molar-refractivity contribution < 1.29 is 13.9 Å². The summed E-state index contributed by atoms with van der Waals surface area (Å²) in [5.41, 5.74) is 0. The Balaban J connectivity index is 1.30. The molecule has 3 rings (SSSR count). The van der Waals surface area contributed by atoms with Gasteiger partial charge in [0.1, 0.15) is 18.2 Å². The van der Waals surface area contributed by atoms with Crippen molar-refractivity contribution in [2.45, 2.75) is 57.2 Å². The van der Waals surface area contributed by atoms with E-state index in [2.05, 4.69) is 4.90 Å². The van der Waals surface area contributed by atoms with Crippen molar-refractivity contribution in [1.82, 2.24) is 4.90 Å². The van der Waals surface area contributed by atoms with E-state index in [1.807, 2.05) is 0 Å². The number of nitrogens with zero attached hydrogens (tertiary/aromatic N) is 1. The summed E-state index contributed by atoms with van der Waals surface area (Å²) in [5.74, 6) is 0.513. The van der Waals surface area contributed by atoms with Gasteiger partial charge in [-0.15, -0.1) is 0 Å². The van der Waals surface area contributed by atoms with Crippen LogP contribution in [0, 0.1) is 5.82 Å². The van der Waals surface area contributed by atoms with Gasteiger partial charge in [0.05, 0.1) is 12.2 Å². The number of hydrogen-bond acceptors (Lipinski definition) is 3. The molecule has 0 unspecified atom stereocenters. The van der Waals surface area contributed by atoms with E-state index in [9.17, 15) is 4.39 Å². The normalized spacial score (nSPS) is 21.4. The molecule has 0 bridgehead atoms. The molecule has 3 nitrogen and oxygen atoms in total. The fourth-order valence-corrected chi connectivity index (χ4v) is 3.57. The second-order valence-electron chi connectivity index (χ2n) is 6.74. The molecule has 1 heterocycles. The Kier molecular flexibility index (Phi) is 6.29. The minimum Gasteiger partial charge on any atom is -0.492 e. The smallest absolute Gasteiger partial charge is 0.123 e. The zero-order chi connectivity index (χ0) is 15.9. The van der Waals surface area contributed by atoms with E-state index in [1.165, 1.54) is 44.2 Å². The van der Waals surface area contributed by atoms with Gasteiger partial charge in [-0.1, -0.05) is 19.3 Å². The first-order chi connectivity index (χ1) is 11.3. The molecule has 2 aliphatic rings. The lowest BCUT2D eigenvalue weighted by molar-refractivity contribution is -0.0564. The van der Waals surface area contributed by atoms with Crippen LogP contribution in [-0.4, -0.2) is 43.3 Å². The van der Waals surface area contributed by atoms with Gasteiger partial charge >= 0.3 is 0 Å². The average Bonchev–Trinajstić information content (AvgIpc) is 2.59. The number of rotatable bonds is 6. The van der Waals surface area contributed by atoms with E-state index < -0.39 is 0 Å². The first-order valence-electron chi connectivity index (χ1n) is 9.06. The molecule has 2 fully saturated rings. The van der Waals surface area contributed by atoms with Gasteiger partial charge in [-0.3, -0.25) is 4.90 Å². The molecule has 1 saturated carbocycles. The first-order valence-corrected chi connectivity index (χ1v) is 9.06. The lowest BCUT2D eigenvalue weighted by atomic mass is 9.97. The molecule has 1 saturated heterocycles. The fourth-order valence-electron chi connectivity index (χ4n) is 3.57. The summed E-state index contributed by atoms with van der Waals surface area (Å²) in [6, 6.07) is 6.23. The van der Waals surface area contributed by atoms with Crippen LogP contribution in [0.2, 0.25) is 0 Å². The SMILES string of the molecule is Fc1ccc(OCCN2CCC(OC3CCCCC3)CC2)cc1. The third kappa shape index (κ3) is 5.47. The molecule has 4 heteroatoms. The molecular formula is C19H28FNO2. The maximum Gasteiger partial charge on any atom is 0.123 e. The van der Waals surface area contributed by atoms with Crippen molar-refractivity contribution in [3.63, 3.8) is 0 Å². The van der Waals surface area contributed by atoms with Gasteiger partial charge in [0.15, 0.2) is 0 Å². The summed E-state index contributed by atoms with van der Waals surface area (Å²) in [6.45, 7) is 3.75. The van der Waals surface area contributed by atoms with E-state index in [0.717, 1.165) is 38.2 Å². The van der Waals surface area contributed by atoms with E-state index >= 15 is 0 Å². The molecule has 1 aliphatic carbocycles. The van der Waals surface area contributed by atoms with Gasteiger partial charge in [-0.2, -0.15) is 0 Å². The predicted molar refractivity (Wildman–Crippen MR) is 89.3 cm³/mol. The van der Waals surface area contributed by atoms with Crippen LogP contribution < -0.4 is 4.74 Å². The highest BCUT2D eigenvalue weighted by atomic mass is 19.1. The Labute approximate surface area is 138 Å². The lowest BCUT2D eigenvalue weighted by Crippen LogP contribution is -2.40. The molecule has 23 heavy (non-hydrogen) atoms. The number of halogens is 1. The zero-order valence-corrected chi connectivity index (χ0v) is 13.9. The lowest BCUT2D eigenvalue weighted by Gasteiger charge is -2.34. The van der Waals surface area contributed by atoms with E-state index in [1.54, 1.807) is 12.1 Å². The number of likely N-dealkylation sites (tertiary alicyclic amines) is 1. The standard InChI is InChI=1S/C19H28FNO2/c20-16-6-8-17(9-7-16)22-15-14-21-12-10-19(11-13-21)23-18-4-2-1-3-5-18/h6-9,18-19H,1-5,10-15H2. The molecule has 1 aromatic rings. The van der Waals surface area contributed by atoms with Gasteiger partial charge in [0.25, 0.3) is 0 Å². The maximum atomic E-state index is 12.8. The van der Waals surface area contributed by atoms with Crippen LogP contribution in [0.3, 0.4) is 0 Å². The first kappa shape index (κ1) is 16.7. The third-order valence-corrected chi connectivity index (χ3v) is 4.96. The predicted octanol–water partition coefficient (Wildman–Crippen LogP) is 4.02. The molecule has 0 atom stereocenters. The Morgan fingerprint density at radius 1 is 0.913 bits per heavy atom. The molecule has 128 valence electrons. The molecule has 1 aromatic carbocycles. The maximum absolute atomic E-state index is 12.8. The highest BCUT2D eigenvalue weighted by Crippen LogP contribution is 2.24. The van der Waals surface area contributed by atoms with Crippen molar-refractivity contribution in [2.24, 2.45) is 0 Å². The van der Waals surface area contributed by atoms with E-state index in [-0.39, 0.29) is 5.82 Å². The van der Waals surface area contributed by atoms with Crippen LogP contribution >= 0.6 is 0 Å². The van der Waals surface area contributed by atoms with Gasteiger partial charge in [-0.05, 0) is 49.9 Å². The molecule has 0 amide bonds. The summed E-state index contributed by atoms with van der Waals surface area (Å²) in [6.07, 6.45) is 9.80. The van der Waals surface area contributed by atoms with Crippen molar-refractivity contribution in [1.29, 1.82) is 0 Å². The average molecular weight is 321 g/mol. The molecule has 0 spiro atoms. The summed E-state index contributed by atoms with van der Waals surface area (Å²) < 4.78 is 24.8. The Hall–Kier alpha value is -1.13. The largest absolute Gasteiger partial charge is 0.492 e. The second-order valence-corrected chi connectivity index (χ2v) is 6.74. The molecule has 0 N–H and O–H groups in total. The van der Waals surface area contributed by atoms with Gasteiger partial charge in [0.2, 0.25) is 0 Å². The molecular weight excluding hydrogens is 293 g/mol. The number of ether oxygens (including phenoxy) is 2. The number of piperidine rings is 1. The van der Waals surface area contributed by atoms with Crippen LogP contribution in [0.15, 0.2) is 24.3 Å². The summed E-state index contributed by atoms with van der Waals surface area (Å²) in [7, 11) is 0. The minimum absolute atomic E-state index is 0.225. The number of benzene rings is 1. The van der Waals surface area contributed by atoms with Crippen LogP contribution in [0.4, 0.5) is 4.39 Å². The topological polar surface area (TPSA) is 21.7 Å². The summed E-state index contributed by atoms with van der Waals surface area (Å²) >= 11 is 0. The second kappa shape index (κ2) is 8.65. The molecule has 0 radical (unpaired) electrons. The van der Waals surface area contributed by atoms with Crippen LogP contribution in [-0.2, 0) is 4.74 Å². The van der Waals surface area contributed by atoms with Crippen LogP contribution in [0.5, 0.6) is 5.75 Å². The van der Waals surface area contributed by atoms with Gasteiger partial charge in [-0.25, -0.2) is 4.39 Å². The van der Waals surface area contributed by atoms with Crippen molar-refractivity contribution >= 4 is 0 Å². The van der Waals surface area contributed by atoms with Crippen molar-refractivity contribution in [3.8, 4) is 5.75 Å². The van der Waals surface area contributed by atoms with Gasteiger partial charge < -0.3 is 9.47 Å². The summed E-state index contributed by atoms with van der Waals surface area (Å²) in [5, 5.41) is 0. The quantitative estimate of drug-likeness (QED) is 0.790. The van der Waals surface area contributed by atoms with Crippen LogP contribution in [0.25, 0.3) is 0 Å². The van der Waals surface area contributed by atoms with Crippen molar-refractivity contribution in [2.75, 3.05) is 26.2 Å². The summed E-state index contributed by atoms with van der Waals surface area (Å²) in [4.78, 5) is 2.43. The van der Waals surface area contributed by atoms with Crippen LogP contribution in [0.1, 0.15) is 44.9 Å². The third-order valence-electron chi connectivity index (χ3n) is 4.96. The number of hydrogen-bond donors (Lipinski definition) is 0. The fraction of sp³-hybridized carbons (Fsp3) is 0.684. The van der Waals surface area contributed by atoms with E-state index in [0.29, 0.717) is 18.8 Å². The molecule has 0 aromatic heterocycles.